The van der Waals surface area contributed by atoms with Crippen LogP contribution in [0.4, 0.5) is 5.69 Å². The van der Waals surface area contributed by atoms with Gasteiger partial charge in [-0.2, -0.15) is 5.26 Å². The molecule has 0 aliphatic heterocycles. The second-order valence-electron chi connectivity index (χ2n) is 5.99. The summed E-state index contributed by atoms with van der Waals surface area (Å²) in [6.07, 6.45) is 1.11. The van der Waals surface area contributed by atoms with Crippen molar-refractivity contribution in [3.8, 4) is 11.8 Å². The molecule has 2 rings (SSSR count). The summed E-state index contributed by atoms with van der Waals surface area (Å²) in [5.41, 5.74) is 1.70. The molecule has 0 heterocycles. The van der Waals surface area contributed by atoms with Crippen molar-refractivity contribution in [2.24, 2.45) is 5.41 Å². The molecule has 0 fully saturated rings. The summed E-state index contributed by atoms with van der Waals surface area (Å²) in [6.45, 7) is 6.64. The fourth-order valence-corrected chi connectivity index (χ4v) is 2.53. The molecule has 0 radical (unpaired) electrons. The predicted octanol–water partition coefficient (Wildman–Crippen LogP) is 3.66. The fraction of sp³-hybridized carbons (Fsp3) is 0.412. The zero-order chi connectivity index (χ0) is 15.5. The molecule has 1 aliphatic carbocycles. The third-order valence-corrected chi connectivity index (χ3v) is 3.45. The van der Waals surface area contributed by atoms with E-state index >= 15 is 0 Å². The van der Waals surface area contributed by atoms with Gasteiger partial charge in [0.2, 0.25) is 0 Å². The highest BCUT2D eigenvalue weighted by Gasteiger charge is 2.33. The summed E-state index contributed by atoms with van der Waals surface area (Å²) in [5, 5.41) is 12.4. The van der Waals surface area contributed by atoms with E-state index in [9.17, 15) is 10.1 Å². The van der Waals surface area contributed by atoms with Crippen molar-refractivity contribution >= 4 is 11.5 Å². The lowest BCUT2D eigenvalue weighted by Crippen LogP contribution is -2.27. The van der Waals surface area contributed by atoms with Crippen LogP contribution in [0.1, 0.15) is 33.6 Å². The van der Waals surface area contributed by atoms with Crippen LogP contribution in [0.2, 0.25) is 0 Å². The van der Waals surface area contributed by atoms with E-state index < -0.39 is 0 Å². The number of ketones is 1. The second kappa shape index (κ2) is 6.01. The number of Topliss-reactive ketones (excluding diaryl/α,β-unsaturated/α-hetero) is 1. The first-order valence-corrected chi connectivity index (χ1v) is 7.11. The van der Waals surface area contributed by atoms with Gasteiger partial charge < -0.3 is 10.1 Å². The van der Waals surface area contributed by atoms with Crippen LogP contribution >= 0.6 is 0 Å². The predicted molar refractivity (Wildman–Crippen MR) is 81.9 cm³/mol. The number of nitrogens with zero attached hydrogens (tertiary/aromatic N) is 1. The quantitative estimate of drug-likeness (QED) is 0.916. The number of rotatable bonds is 4. The number of benzene rings is 1. The molecular weight excluding hydrogens is 264 g/mol. The van der Waals surface area contributed by atoms with Crippen LogP contribution in [-0.4, -0.2) is 12.4 Å². The number of nitrogens with one attached hydrogen (secondary N) is 1. The Bertz CT molecular complexity index is 607. The molecule has 110 valence electrons. The Hall–Kier alpha value is -2.28. The van der Waals surface area contributed by atoms with Gasteiger partial charge in [0, 0.05) is 17.8 Å². The molecule has 0 unspecified atom stereocenters. The Balaban J connectivity index is 2.23. The van der Waals surface area contributed by atoms with Gasteiger partial charge in [-0.05, 0) is 43.0 Å². The fourth-order valence-electron chi connectivity index (χ4n) is 2.53. The third kappa shape index (κ3) is 3.63. The molecule has 0 bridgehead atoms. The molecule has 0 aromatic heterocycles. The summed E-state index contributed by atoms with van der Waals surface area (Å²) < 4.78 is 5.40. The van der Waals surface area contributed by atoms with Crippen LogP contribution < -0.4 is 10.1 Å². The maximum atomic E-state index is 12.0. The molecular formula is C17H20N2O2. The second-order valence-corrected chi connectivity index (χ2v) is 5.99. The third-order valence-electron chi connectivity index (χ3n) is 3.45. The molecule has 1 N–H and O–H groups in total. The van der Waals surface area contributed by atoms with Gasteiger partial charge in [-0.25, -0.2) is 0 Å². The van der Waals surface area contributed by atoms with Crippen molar-refractivity contribution in [3.63, 3.8) is 0 Å². The summed E-state index contributed by atoms with van der Waals surface area (Å²) in [4.78, 5) is 12.0. The highest BCUT2D eigenvalue weighted by molar-refractivity contribution is 6.01. The molecule has 1 aromatic rings. The zero-order valence-corrected chi connectivity index (χ0v) is 12.7. The minimum absolute atomic E-state index is 0.0813. The van der Waals surface area contributed by atoms with Crippen molar-refractivity contribution in [3.05, 3.63) is 35.5 Å². The molecule has 1 aliphatic rings. The number of carbonyl (C=O) groups excluding carboxylic acids is 1. The van der Waals surface area contributed by atoms with Gasteiger partial charge in [-0.3, -0.25) is 4.79 Å². The maximum absolute atomic E-state index is 12.0. The Labute approximate surface area is 125 Å². The van der Waals surface area contributed by atoms with Gasteiger partial charge in [-0.1, -0.05) is 13.8 Å². The largest absolute Gasteiger partial charge is 0.494 e. The summed E-state index contributed by atoms with van der Waals surface area (Å²) >= 11 is 0. The van der Waals surface area contributed by atoms with Crippen molar-refractivity contribution < 1.29 is 9.53 Å². The molecule has 4 nitrogen and oxygen atoms in total. The maximum Gasteiger partial charge on any atom is 0.175 e. The standard InChI is InChI=1S/C17H20N2O2/c1-4-21-13-7-5-12(6-8-13)19-15-9-17(2,3)10-16(20)14(15)11-18/h5-8,19H,4,9-10H2,1-3H3. The monoisotopic (exact) mass is 284 g/mol. The lowest BCUT2D eigenvalue weighted by molar-refractivity contribution is -0.117. The lowest BCUT2D eigenvalue weighted by Gasteiger charge is -2.30. The summed E-state index contributed by atoms with van der Waals surface area (Å²) in [5.74, 6) is 0.722. The van der Waals surface area contributed by atoms with Crippen LogP contribution in [0.25, 0.3) is 0 Å². The molecule has 21 heavy (non-hydrogen) atoms. The molecule has 0 spiro atoms. The van der Waals surface area contributed by atoms with Crippen LogP contribution in [0.5, 0.6) is 5.75 Å². The topological polar surface area (TPSA) is 62.1 Å². The summed E-state index contributed by atoms with van der Waals surface area (Å²) in [7, 11) is 0. The first-order chi connectivity index (χ1) is 9.95. The Morgan fingerprint density at radius 3 is 2.52 bits per heavy atom. The Morgan fingerprint density at radius 2 is 1.95 bits per heavy atom. The molecule has 0 saturated carbocycles. The van der Waals surface area contributed by atoms with E-state index in [-0.39, 0.29) is 16.8 Å². The van der Waals surface area contributed by atoms with Crippen molar-refractivity contribution in [1.29, 1.82) is 5.26 Å². The Kier molecular flexibility index (Phi) is 4.32. The van der Waals surface area contributed by atoms with E-state index in [1.807, 2.05) is 51.1 Å². The van der Waals surface area contributed by atoms with Gasteiger partial charge in [0.25, 0.3) is 0 Å². The van der Waals surface area contributed by atoms with Gasteiger partial charge in [0.05, 0.1) is 6.61 Å². The van der Waals surface area contributed by atoms with Gasteiger partial charge in [-0.15, -0.1) is 0 Å². The van der Waals surface area contributed by atoms with Crippen LogP contribution in [0.15, 0.2) is 35.5 Å². The molecule has 0 amide bonds. The van der Waals surface area contributed by atoms with Crippen molar-refractivity contribution in [1.82, 2.24) is 0 Å². The highest BCUT2D eigenvalue weighted by Crippen LogP contribution is 2.37. The van der Waals surface area contributed by atoms with E-state index in [2.05, 4.69) is 5.32 Å². The average molecular weight is 284 g/mol. The minimum atomic E-state index is -0.120. The molecule has 0 atom stereocenters. The van der Waals surface area contributed by atoms with Crippen LogP contribution in [0, 0.1) is 16.7 Å². The number of anilines is 1. The van der Waals surface area contributed by atoms with E-state index in [1.165, 1.54) is 0 Å². The Morgan fingerprint density at radius 1 is 1.29 bits per heavy atom. The first kappa shape index (κ1) is 15.1. The number of hydrogen-bond acceptors (Lipinski definition) is 4. The number of ether oxygens (including phenoxy) is 1. The van der Waals surface area contributed by atoms with Gasteiger partial charge >= 0.3 is 0 Å². The number of hydrogen-bond donors (Lipinski definition) is 1. The molecule has 4 heteroatoms. The lowest BCUT2D eigenvalue weighted by atomic mass is 9.76. The van der Waals surface area contributed by atoms with Gasteiger partial charge in [0.15, 0.2) is 5.78 Å². The smallest absolute Gasteiger partial charge is 0.175 e. The van der Waals surface area contributed by atoms with E-state index in [1.54, 1.807) is 0 Å². The highest BCUT2D eigenvalue weighted by atomic mass is 16.5. The molecule has 0 saturated heterocycles. The number of nitriles is 1. The van der Waals surface area contributed by atoms with E-state index in [4.69, 9.17) is 4.74 Å². The normalized spacial score (nSPS) is 17.3. The van der Waals surface area contributed by atoms with Crippen molar-refractivity contribution in [2.75, 3.05) is 11.9 Å². The van der Waals surface area contributed by atoms with E-state index in [0.717, 1.165) is 11.4 Å². The van der Waals surface area contributed by atoms with Crippen LogP contribution in [0.3, 0.4) is 0 Å². The van der Waals surface area contributed by atoms with E-state index in [0.29, 0.717) is 25.1 Å². The van der Waals surface area contributed by atoms with Crippen molar-refractivity contribution in [2.45, 2.75) is 33.6 Å². The first-order valence-electron chi connectivity index (χ1n) is 7.11. The number of allylic oxidation sites excluding steroid dienone is 2. The SMILES string of the molecule is CCOc1ccc(NC2=C(C#N)C(=O)CC(C)(C)C2)cc1. The van der Waals surface area contributed by atoms with Gasteiger partial charge in [0.1, 0.15) is 17.4 Å². The van der Waals surface area contributed by atoms with Crippen LogP contribution in [-0.2, 0) is 4.79 Å². The average Bonchev–Trinajstić information content (AvgIpc) is 2.40. The zero-order valence-electron chi connectivity index (χ0n) is 12.7. The number of carbonyl (C=O) groups is 1. The summed E-state index contributed by atoms with van der Waals surface area (Å²) in [6, 6.07) is 9.55. The molecule has 1 aromatic carbocycles. The minimum Gasteiger partial charge on any atom is -0.494 e.